The van der Waals surface area contributed by atoms with Crippen LogP contribution in [-0.2, 0) is 9.53 Å². The second-order valence-corrected chi connectivity index (χ2v) is 3.75. The summed E-state index contributed by atoms with van der Waals surface area (Å²) in [5, 5.41) is 11.4. The molecule has 2 unspecified atom stereocenters. The molecule has 5 nitrogen and oxygen atoms in total. The lowest BCUT2D eigenvalue weighted by Gasteiger charge is -2.14. The highest BCUT2D eigenvalue weighted by Crippen LogP contribution is 1.98. The molecular weight excluding hydrogens is 196 g/mol. The third kappa shape index (κ3) is 7.30. The van der Waals surface area contributed by atoms with Crippen molar-refractivity contribution in [3.8, 4) is 0 Å². The Bertz CT molecular complexity index is 176. The molecule has 0 aromatic heterocycles. The summed E-state index contributed by atoms with van der Waals surface area (Å²) in [6.07, 6.45) is 1.21. The van der Waals surface area contributed by atoms with Crippen molar-refractivity contribution in [1.29, 1.82) is 0 Å². The van der Waals surface area contributed by atoms with Crippen molar-refractivity contribution in [1.82, 2.24) is 5.32 Å². The molecule has 0 rings (SSSR count). The third-order valence-electron chi connectivity index (χ3n) is 2.22. The second kappa shape index (κ2) is 8.64. The minimum atomic E-state index is -0.508. The van der Waals surface area contributed by atoms with Crippen LogP contribution >= 0.6 is 0 Å². The average Bonchev–Trinajstić information content (AvgIpc) is 2.22. The highest BCUT2D eigenvalue weighted by molar-refractivity contribution is 5.81. The number of hydrogen-bond acceptors (Lipinski definition) is 4. The number of amides is 1. The van der Waals surface area contributed by atoms with Gasteiger partial charge in [0, 0.05) is 26.9 Å². The topological polar surface area (TPSA) is 84.6 Å². The van der Waals surface area contributed by atoms with E-state index in [1.165, 1.54) is 0 Å². The maximum absolute atomic E-state index is 11.4. The van der Waals surface area contributed by atoms with Gasteiger partial charge in [0.2, 0.25) is 5.91 Å². The standard InChI is InChI=1S/C10H22N2O3/c1-8(3-5-13)7-12-10(14)9(11)4-6-15-2/h8-9,13H,3-7,11H2,1-2H3,(H,12,14). The first-order valence-electron chi connectivity index (χ1n) is 5.24. The van der Waals surface area contributed by atoms with E-state index in [1.807, 2.05) is 6.92 Å². The van der Waals surface area contributed by atoms with E-state index < -0.39 is 6.04 Å². The molecule has 90 valence electrons. The quantitative estimate of drug-likeness (QED) is 0.512. The first-order valence-corrected chi connectivity index (χ1v) is 5.24. The normalized spacial score (nSPS) is 14.7. The van der Waals surface area contributed by atoms with Gasteiger partial charge in [-0.3, -0.25) is 4.79 Å². The lowest BCUT2D eigenvalue weighted by atomic mass is 10.1. The number of nitrogens with two attached hydrogens (primary N) is 1. The Balaban J connectivity index is 3.63. The summed E-state index contributed by atoms with van der Waals surface area (Å²) in [5.74, 6) is 0.116. The largest absolute Gasteiger partial charge is 0.396 e. The van der Waals surface area contributed by atoms with E-state index in [1.54, 1.807) is 7.11 Å². The van der Waals surface area contributed by atoms with Gasteiger partial charge in [-0.1, -0.05) is 6.92 Å². The Kier molecular flexibility index (Phi) is 8.27. The SMILES string of the molecule is COCCC(N)C(=O)NCC(C)CCO. The van der Waals surface area contributed by atoms with Gasteiger partial charge in [-0.05, 0) is 18.8 Å². The zero-order valence-corrected chi connectivity index (χ0v) is 9.53. The van der Waals surface area contributed by atoms with Crippen LogP contribution in [0.1, 0.15) is 19.8 Å². The van der Waals surface area contributed by atoms with E-state index in [0.29, 0.717) is 26.0 Å². The van der Waals surface area contributed by atoms with Gasteiger partial charge in [0.15, 0.2) is 0 Å². The molecule has 2 atom stereocenters. The lowest BCUT2D eigenvalue weighted by molar-refractivity contribution is -0.122. The van der Waals surface area contributed by atoms with E-state index in [4.69, 9.17) is 15.6 Å². The van der Waals surface area contributed by atoms with E-state index in [2.05, 4.69) is 5.32 Å². The summed E-state index contributed by atoms with van der Waals surface area (Å²) in [5.41, 5.74) is 5.62. The molecule has 4 N–H and O–H groups in total. The van der Waals surface area contributed by atoms with Gasteiger partial charge in [-0.2, -0.15) is 0 Å². The predicted octanol–water partition coefficient (Wildman–Crippen LogP) is -0.515. The summed E-state index contributed by atoms with van der Waals surface area (Å²) < 4.78 is 4.83. The van der Waals surface area contributed by atoms with Gasteiger partial charge < -0.3 is 20.9 Å². The maximum Gasteiger partial charge on any atom is 0.237 e. The van der Waals surface area contributed by atoms with E-state index in [0.717, 1.165) is 0 Å². The molecule has 0 aromatic rings. The fraction of sp³-hybridized carbons (Fsp3) is 0.900. The van der Waals surface area contributed by atoms with Crippen LogP contribution < -0.4 is 11.1 Å². The van der Waals surface area contributed by atoms with Crippen LogP contribution in [0.3, 0.4) is 0 Å². The van der Waals surface area contributed by atoms with Crippen LogP contribution in [0.25, 0.3) is 0 Å². The molecule has 0 spiro atoms. The Morgan fingerprint density at radius 3 is 2.73 bits per heavy atom. The van der Waals surface area contributed by atoms with Gasteiger partial charge in [0.25, 0.3) is 0 Å². The smallest absolute Gasteiger partial charge is 0.237 e. The first-order chi connectivity index (χ1) is 7.11. The summed E-state index contributed by atoms with van der Waals surface area (Å²) in [4.78, 5) is 11.4. The van der Waals surface area contributed by atoms with Gasteiger partial charge >= 0.3 is 0 Å². The van der Waals surface area contributed by atoms with Gasteiger partial charge in [0.05, 0.1) is 6.04 Å². The van der Waals surface area contributed by atoms with Crippen LogP contribution in [-0.4, -0.2) is 43.9 Å². The Morgan fingerprint density at radius 2 is 2.20 bits per heavy atom. The molecule has 0 fully saturated rings. The van der Waals surface area contributed by atoms with Crippen LogP contribution in [0.15, 0.2) is 0 Å². The van der Waals surface area contributed by atoms with Crippen LogP contribution in [0.2, 0.25) is 0 Å². The second-order valence-electron chi connectivity index (χ2n) is 3.75. The number of carbonyl (C=O) groups excluding carboxylic acids is 1. The molecule has 0 heterocycles. The number of carbonyl (C=O) groups is 1. The Hall–Kier alpha value is -0.650. The van der Waals surface area contributed by atoms with Crippen molar-refractivity contribution in [2.24, 2.45) is 11.7 Å². The van der Waals surface area contributed by atoms with Crippen LogP contribution in [0, 0.1) is 5.92 Å². The number of aliphatic hydroxyl groups excluding tert-OH is 1. The molecule has 0 aliphatic rings. The zero-order valence-electron chi connectivity index (χ0n) is 9.53. The molecular formula is C10H22N2O3. The predicted molar refractivity (Wildman–Crippen MR) is 58.3 cm³/mol. The van der Waals surface area contributed by atoms with E-state index in [-0.39, 0.29) is 18.4 Å². The fourth-order valence-corrected chi connectivity index (χ4v) is 1.10. The van der Waals surface area contributed by atoms with Gasteiger partial charge in [0.1, 0.15) is 0 Å². The molecule has 0 aliphatic carbocycles. The first kappa shape index (κ1) is 14.3. The molecule has 1 amide bonds. The minimum Gasteiger partial charge on any atom is -0.396 e. The third-order valence-corrected chi connectivity index (χ3v) is 2.22. The van der Waals surface area contributed by atoms with Crippen LogP contribution in [0.5, 0.6) is 0 Å². The number of nitrogens with one attached hydrogen (secondary N) is 1. The Morgan fingerprint density at radius 1 is 1.53 bits per heavy atom. The van der Waals surface area contributed by atoms with E-state index in [9.17, 15) is 4.79 Å². The summed E-state index contributed by atoms with van der Waals surface area (Å²) in [7, 11) is 1.58. The van der Waals surface area contributed by atoms with Gasteiger partial charge in [-0.25, -0.2) is 0 Å². The maximum atomic E-state index is 11.4. The highest BCUT2D eigenvalue weighted by atomic mass is 16.5. The van der Waals surface area contributed by atoms with Crippen molar-refractivity contribution < 1.29 is 14.6 Å². The molecule has 0 saturated heterocycles. The van der Waals surface area contributed by atoms with Crippen molar-refractivity contribution in [2.75, 3.05) is 26.9 Å². The number of rotatable bonds is 8. The molecule has 0 aromatic carbocycles. The number of ether oxygens (including phenoxy) is 1. The average molecular weight is 218 g/mol. The van der Waals surface area contributed by atoms with Crippen molar-refractivity contribution in [3.05, 3.63) is 0 Å². The summed E-state index contributed by atoms with van der Waals surface area (Å²) in [6, 6.07) is -0.508. The lowest BCUT2D eigenvalue weighted by Crippen LogP contribution is -2.42. The minimum absolute atomic E-state index is 0.146. The number of hydrogen-bond donors (Lipinski definition) is 3. The molecule has 0 bridgehead atoms. The number of methoxy groups -OCH3 is 1. The molecule has 5 heteroatoms. The Labute approximate surface area is 91.0 Å². The van der Waals surface area contributed by atoms with Crippen LogP contribution in [0.4, 0.5) is 0 Å². The van der Waals surface area contributed by atoms with E-state index >= 15 is 0 Å². The molecule has 0 aliphatic heterocycles. The molecule has 15 heavy (non-hydrogen) atoms. The van der Waals surface area contributed by atoms with Gasteiger partial charge in [-0.15, -0.1) is 0 Å². The molecule has 0 saturated carbocycles. The summed E-state index contributed by atoms with van der Waals surface area (Å²) in [6.45, 7) is 3.16. The van der Waals surface area contributed by atoms with Crippen molar-refractivity contribution >= 4 is 5.91 Å². The van der Waals surface area contributed by atoms with Crippen molar-refractivity contribution in [3.63, 3.8) is 0 Å². The molecule has 0 radical (unpaired) electrons. The number of aliphatic hydroxyl groups is 1. The zero-order chi connectivity index (χ0) is 11.7. The summed E-state index contributed by atoms with van der Waals surface area (Å²) >= 11 is 0. The fourth-order valence-electron chi connectivity index (χ4n) is 1.10. The van der Waals surface area contributed by atoms with Crippen molar-refractivity contribution in [2.45, 2.75) is 25.8 Å². The monoisotopic (exact) mass is 218 g/mol. The highest BCUT2D eigenvalue weighted by Gasteiger charge is 2.13.